The van der Waals surface area contributed by atoms with Crippen LogP contribution in [-0.2, 0) is 0 Å². The number of thiazole rings is 1. The van der Waals surface area contributed by atoms with Gasteiger partial charge in [-0.25, -0.2) is 4.98 Å². The lowest BCUT2D eigenvalue weighted by atomic mass is 10.2. The van der Waals surface area contributed by atoms with Crippen LogP contribution < -0.4 is 5.73 Å². The van der Waals surface area contributed by atoms with Crippen molar-refractivity contribution < 1.29 is 0 Å². The molecule has 0 aliphatic carbocycles. The van der Waals surface area contributed by atoms with Gasteiger partial charge >= 0.3 is 0 Å². The van der Waals surface area contributed by atoms with Crippen LogP contribution in [0.3, 0.4) is 0 Å². The predicted octanol–water partition coefficient (Wildman–Crippen LogP) is 6.27. The maximum atomic E-state index is 7.60. The fraction of sp³-hybridized carbons (Fsp3) is 0.0667. The average molecular weight is 437 g/mol. The van der Waals surface area contributed by atoms with Crippen molar-refractivity contribution >= 4 is 75.9 Å². The van der Waals surface area contributed by atoms with Gasteiger partial charge in [-0.05, 0) is 24.5 Å². The van der Waals surface area contributed by atoms with Crippen LogP contribution in [0.25, 0.3) is 21.8 Å². The summed E-state index contributed by atoms with van der Waals surface area (Å²) in [7, 11) is 0. The molecular weight excluding hydrogens is 425 g/mol. The summed E-state index contributed by atoms with van der Waals surface area (Å²) in [6.07, 6.45) is 2.01. The molecular formula is C15H12Cl3N3S3. The van der Waals surface area contributed by atoms with Crippen LogP contribution in [0.2, 0.25) is 10.0 Å². The lowest BCUT2D eigenvalue weighted by Crippen LogP contribution is -2.08. The highest BCUT2D eigenvalue weighted by molar-refractivity contribution is 8.00. The molecule has 0 radical (unpaired) electrons. The Morgan fingerprint density at radius 1 is 1.25 bits per heavy atom. The van der Waals surface area contributed by atoms with E-state index in [1.807, 2.05) is 29.8 Å². The normalized spacial score (nSPS) is 10.5. The van der Waals surface area contributed by atoms with Gasteiger partial charge in [0.15, 0.2) is 0 Å². The van der Waals surface area contributed by atoms with E-state index in [-0.39, 0.29) is 18.2 Å². The number of thioether (sulfide) groups is 1. The minimum absolute atomic E-state index is 0. The van der Waals surface area contributed by atoms with E-state index in [0.29, 0.717) is 10.0 Å². The second-order valence-electron chi connectivity index (χ2n) is 4.60. The van der Waals surface area contributed by atoms with Crippen molar-refractivity contribution in [1.82, 2.24) is 4.98 Å². The van der Waals surface area contributed by atoms with Gasteiger partial charge in [0.05, 0.1) is 24.8 Å². The third-order valence-corrected chi connectivity index (χ3v) is 7.02. The molecule has 3 nitrogen and oxygen atoms in total. The quantitative estimate of drug-likeness (QED) is 0.287. The lowest BCUT2D eigenvalue weighted by Gasteiger charge is -2.00. The van der Waals surface area contributed by atoms with Crippen molar-refractivity contribution in [1.29, 1.82) is 5.41 Å². The van der Waals surface area contributed by atoms with Crippen LogP contribution in [0.1, 0.15) is 4.88 Å². The molecule has 0 atom stereocenters. The lowest BCUT2D eigenvalue weighted by molar-refractivity contribution is 1.39. The number of aromatic nitrogens is 1. The minimum Gasteiger partial charge on any atom is -0.383 e. The second kappa shape index (κ2) is 8.08. The van der Waals surface area contributed by atoms with Crippen LogP contribution >= 0.6 is 70.0 Å². The summed E-state index contributed by atoms with van der Waals surface area (Å²) in [6, 6.07) is 7.41. The molecule has 0 unspecified atom stereocenters. The summed E-state index contributed by atoms with van der Waals surface area (Å²) in [5, 5.41) is 11.5. The average Bonchev–Trinajstić information content (AvgIpc) is 3.15. The van der Waals surface area contributed by atoms with Crippen LogP contribution in [0.4, 0.5) is 0 Å². The standard InChI is InChI=1S/C15H11Cl2N3S3.ClH/c1-21-15-8(5-12(23-15)13(18)19)14-20-11(6-22-14)7-2-3-9(16)10(17)4-7;/h2-6H,1H3,(H3,18,19);1H. The molecule has 0 spiro atoms. The van der Waals surface area contributed by atoms with E-state index in [4.69, 9.17) is 39.3 Å². The Morgan fingerprint density at radius 2 is 2.00 bits per heavy atom. The summed E-state index contributed by atoms with van der Waals surface area (Å²) >= 11 is 16.7. The predicted molar refractivity (Wildman–Crippen MR) is 111 cm³/mol. The Morgan fingerprint density at radius 3 is 2.62 bits per heavy atom. The smallest absolute Gasteiger partial charge is 0.133 e. The summed E-state index contributed by atoms with van der Waals surface area (Å²) in [6.45, 7) is 0. The van der Waals surface area contributed by atoms with E-state index < -0.39 is 0 Å². The van der Waals surface area contributed by atoms with Crippen molar-refractivity contribution in [2.75, 3.05) is 6.26 Å². The molecule has 2 heterocycles. The van der Waals surface area contributed by atoms with Gasteiger partial charge in [0.1, 0.15) is 10.8 Å². The van der Waals surface area contributed by atoms with Gasteiger partial charge in [-0.1, -0.05) is 29.3 Å². The van der Waals surface area contributed by atoms with E-state index in [9.17, 15) is 0 Å². The van der Waals surface area contributed by atoms with Gasteiger partial charge in [0.2, 0.25) is 0 Å². The number of nitrogen functional groups attached to an aromatic ring is 1. The zero-order chi connectivity index (χ0) is 16.6. The monoisotopic (exact) mass is 435 g/mol. The third-order valence-electron chi connectivity index (χ3n) is 3.10. The number of amidine groups is 1. The molecule has 0 saturated carbocycles. The highest BCUT2D eigenvalue weighted by Gasteiger charge is 2.16. The van der Waals surface area contributed by atoms with Crippen LogP contribution in [0.15, 0.2) is 33.9 Å². The number of benzene rings is 1. The van der Waals surface area contributed by atoms with E-state index in [2.05, 4.69) is 0 Å². The van der Waals surface area contributed by atoms with Crippen LogP contribution in [0, 0.1) is 5.41 Å². The first-order valence-corrected chi connectivity index (χ1v) is 10.1. The summed E-state index contributed by atoms with van der Waals surface area (Å²) < 4.78 is 1.10. The first-order valence-electron chi connectivity index (χ1n) is 6.43. The first kappa shape index (κ1) is 19.6. The van der Waals surface area contributed by atoms with Crippen LogP contribution in [0.5, 0.6) is 0 Å². The van der Waals surface area contributed by atoms with Gasteiger partial charge < -0.3 is 5.73 Å². The van der Waals surface area contributed by atoms with E-state index >= 15 is 0 Å². The zero-order valence-corrected chi connectivity index (χ0v) is 17.1. The molecule has 0 aliphatic rings. The van der Waals surface area contributed by atoms with E-state index in [1.165, 1.54) is 11.3 Å². The molecule has 0 bridgehead atoms. The highest BCUT2D eigenvalue weighted by atomic mass is 35.5. The SMILES string of the molecule is CSc1sc(C(=N)N)cc1-c1nc(-c2ccc(Cl)c(Cl)c2)cs1.Cl. The number of thiophene rings is 1. The Kier molecular flexibility index (Phi) is 6.59. The number of hydrogen-bond donors (Lipinski definition) is 2. The molecule has 24 heavy (non-hydrogen) atoms. The largest absolute Gasteiger partial charge is 0.383 e. The number of nitrogens with zero attached hydrogens (tertiary/aromatic N) is 1. The van der Waals surface area contributed by atoms with Crippen LogP contribution in [-0.4, -0.2) is 17.1 Å². The molecule has 1 aromatic carbocycles. The highest BCUT2D eigenvalue weighted by Crippen LogP contribution is 2.40. The Labute approximate surface area is 168 Å². The summed E-state index contributed by atoms with van der Waals surface area (Å²) in [5.74, 6) is 0.0813. The molecule has 3 N–H and O–H groups in total. The maximum absolute atomic E-state index is 7.60. The van der Waals surface area contributed by atoms with E-state index in [0.717, 1.165) is 30.9 Å². The molecule has 2 aromatic heterocycles. The molecule has 0 aliphatic heterocycles. The number of rotatable bonds is 4. The fourth-order valence-corrected chi connectivity index (χ4v) is 5.00. The van der Waals surface area contributed by atoms with Crippen molar-refractivity contribution in [2.24, 2.45) is 5.73 Å². The molecule has 3 aromatic rings. The maximum Gasteiger partial charge on any atom is 0.133 e. The fourth-order valence-electron chi connectivity index (χ4n) is 1.99. The summed E-state index contributed by atoms with van der Waals surface area (Å²) in [5.41, 5.74) is 8.39. The van der Waals surface area contributed by atoms with Crippen molar-refractivity contribution in [3.8, 4) is 21.8 Å². The number of nitrogens with two attached hydrogens (primary N) is 1. The van der Waals surface area contributed by atoms with Gasteiger partial charge in [-0.2, -0.15) is 0 Å². The number of nitrogens with one attached hydrogen (secondary N) is 1. The van der Waals surface area contributed by atoms with Crippen molar-refractivity contribution in [3.63, 3.8) is 0 Å². The topological polar surface area (TPSA) is 62.8 Å². The van der Waals surface area contributed by atoms with Crippen molar-refractivity contribution in [2.45, 2.75) is 4.21 Å². The Bertz CT molecular complexity index is 889. The molecule has 0 amide bonds. The van der Waals surface area contributed by atoms with Gasteiger partial charge in [-0.15, -0.1) is 46.8 Å². The molecule has 0 saturated heterocycles. The number of hydrogen-bond acceptors (Lipinski definition) is 5. The van der Waals surface area contributed by atoms with E-state index in [1.54, 1.807) is 29.2 Å². The third kappa shape index (κ3) is 3.90. The molecule has 3 rings (SSSR count). The Hall–Kier alpha value is -0.760. The van der Waals surface area contributed by atoms with Gasteiger partial charge in [0, 0.05) is 16.5 Å². The first-order chi connectivity index (χ1) is 11.0. The second-order valence-corrected chi connectivity index (χ2v) is 8.40. The zero-order valence-electron chi connectivity index (χ0n) is 12.3. The minimum atomic E-state index is 0. The summed E-state index contributed by atoms with van der Waals surface area (Å²) in [4.78, 5) is 5.46. The van der Waals surface area contributed by atoms with Gasteiger partial charge in [-0.3, -0.25) is 5.41 Å². The molecule has 9 heteroatoms. The molecule has 0 fully saturated rings. The Balaban J connectivity index is 0.00000208. The van der Waals surface area contributed by atoms with Crippen molar-refractivity contribution in [3.05, 3.63) is 44.6 Å². The molecule has 126 valence electrons. The number of halogens is 3. The van der Waals surface area contributed by atoms with Gasteiger partial charge in [0.25, 0.3) is 0 Å².